The van der Waals surface area contributed by atoms with Crippen molar-refractivity contribution >= 4 is 28.3 Å². The molecule has 1 saturated carbocycles. The fourth-order valence-corrected chi connectivity index (χ4v) is 7.25. The molecule has 1 aromatic carbocycles. The maximum Gasteiger partial charge on any atom is 0.261 e. The normalized spacial score (nSPS) is 20.1. The minimum absolute atomic E-state index is 0.189. The van der Waals surface area contributed by atoms with Crippen LogP contribution in [0.3, 0.4) is 0 Å². The Balaban J connectivity index is 1.04. The largest absolute Gasteiger partial charge is 0.382 e. The van der Waals surface area contributed by atoms with E-state index < -0.39 is 0 Å². The quantitative estimate of drug-likeness (QED) is 0.275. The molecule has 5 heterocycles. The summed E-state index contributed by atoms with van der Waals surface area (Å²) in [6.07, 6.45) is 11.7. The predicted octanol–water partition coefficient (Wildman–Crippen LogP) is 5.05. The molecule has 1 aliphatic carbocycles. The van der Waals surface area contributed by atoms with Crippen LogP contribution in [0.2, 0.25) is 5.02 Å². The number of nitrogens with one attached hydrogen (secondary N) is 3. The fourth-order valence-electron chi connectivity index (χ4n) is 7.09. The number of hydrogen-bond donors (Lipinski definition) is 3. The summed E-state index contributed by atoms with van der Waals surface area (Å²) in [5.74, 6) is 0.791. The number of likely N-dealkylation sites (tertiary alicyclic amines) is 1. The van der Waals surface area contributed by atoms with Gasteiger partial charge >= 0.3 is 0 Å². The molecule has 0 amide bonds. The SMILES string of the molecule is Cc1cc(C2CCN(C3CCC4(CC3)OCCO4)CC2)cc2[nH]c(-c3c(NCCn4cc(Cl)cn4)cc[nH]c3=O)nc12. The topological polar surface area (TPSA) is 113 Å². The maximum absolute atomic E-state index is 13.0. The van der Waals surface area contributed by atoms with Crippen molar-refractivity contribution in [1.82, 2.24) is 29.6 Å². The predicted molar refractivity (Wildman–Crippen MR) is 163 cm³/mol. The molecule has 4 aromatic rings. The second kappa shape index (κ2) is 11.5. The van der Waals surface area contributed by atoms with E-state index in [2.05, 4.69) is 44.3 Å². The smallest absolute Gasteiger partial charge is 0.261 e. The molecule has 11 heteroatoms. The molecule has 0 radical (unpaired) electrons. The van der Waals surface area contributed by atoms with Crippen LogP contribution in [-0.4, -0.2) is 74.3 Å². The van der Waals surface area contributed by atoms with Gasteiger partial charge in [0, 0.05) is 37.8 Å². The molecule has 2 saturated heterocycles. The number of aromatic nitrogens is 5. The van der Waals surface area contributed by atoms with E-state index in [4.69, 9.17) is 26.1 Å². The number of aromatic amines is 2. The Hall–Kier alpha value is -3.18. The van der Waals surface area contributed by atoms with Crippen LogP contribution in [0.5, 0.6) is 0 Å². The average molecular weight is 592 g/mol. The number of anilines is 1. The van der Waals surface area contributed by atoms with Gasteiger partial charge in [-0.15, -0.1) is 0 Å². The fraction of sp³-hybridized carbons (Fsp3) is 0.516. The summed E-state index contributed by atoms with van der Waals surface area (Å²) in [7, 11) is 0. The zero-order valence-electron chi connectivity index (χ0n) is 24.0. The van der Waals surface area contributed by atoms with Crippen molar-refractivity contribution in [1.29, 1.82) is 0 Å². The van der Waals surface area contributed by atoms with Gasteiger partial charge in [-0.2, -0.15) is 5.10 Å². The molecule has 2 aliphatic heterocycles. The first-order valence-corrected chi connectivity index (χ1v) is 15.5. The number of hydrogen-bond acceptors (Lipinski definition) is 7. The van der Waals surface area contributed by atoms with Crippen LogP contribution in [-0.2, 0) is 16.0 Å². The highest BCUT2D eigenvalue weighted by Gasteiger charge is 2.42. The molecule has 3 aliphatic rings. The lowest BCUT2D eigenvalue weighted by molar-refractivity contribution is -0.184. The van der Waals surface area contributed by atoms with E-state index in [1.807, 2.05) is 6.07 Å². The van der Waals surface area contributed by atoms with Crippen molar-refractivity contribution in [2.75, 3.05) is 38.2 Å². The molecule has 222 valence electrons. The van der Waals surface area contributed by atoms with Crippen molar-refractivity contribution in [2.24, 2.45) is 0 Å². The van der Waals surface area contributed by atoms with Gasteiger partial charge in [-0.25, -0.2) is 4.98 Å². The van der Waals surface area contributed by atoms with Gasteiger partial charge in [-0.05, 0) is 74.9 Å². The average Bonchev–Trinajstić information content (AvgIpc) is 3.74. The standard InChI is InChI=1S/C31H38ClN7O3/c1-20-16-22(21-5-11-38(12-6-21)24-2-7-31(8-3-24)41-14-15-42-31)17-26-28(20)37-29(36-26)27-25(4-9-34-30(27)40)33-10-13-39-19-23(32)18-35-39/h4,9,16-19,21,24H,2-3,5-8,10-15H2,1H3,(H,36,37)(H2,33,34,40). The Morgan fingerprint density at radius 3 is 2.67 bits per heavy atom. The number of ether oxygens (including phenoxy) is 2. The Kier molecular flexibility index (Phi) is 7.56. The van der Waals surface area contributed by atoms with E-state index in [0.29, 0.717) is 41.5 Å². The van der Waals surface area contributed by atoms with Crippen molar-refractivity contribution in [3.8, 4) is 11.4 Å². The summed E-state index contributed by atoms with van der Waals surface area (Å²) in [6, 6.07) is 7.03. The van der Waals surface area contributed by atoms with E-state index in [9.17, 15) is 4.79 Å². The van der Waals surface area contributed by atoms with Crippen LogP contribution in [0, 0.1) is 6.92 Å². The number of fused-ring (bicyclic) bond motifs is 1. The summed E-state index contributed by atoms with van der Waals surface area (Å²) in [5, 5.41) is 8.19. The van der Waals surface area contributed by atoms with Crippen molar-refractivity contribution in [3.63, 3.8) is 0 Å². The molecule has 0 bridgehead atoms. The highest BCUT2D eigenvalue weighted by molar-refractivity contribution is 6.30. The van der Waals surface area contributed by atoms with Crippen molar-refractivity contribution < 1.29 is 9.47 Å². The third kappa shape index (κ3) is 5.48. The van der Waals surface area contributed by atoms with Crippen LogP contribution in [0.15, 0.2) is 41.6 Å². The number of imidazole rings is 1. The first-order chi connectivity index (χ1) is 20.5. The Morgan fingerprint density at radius 1 is 1.14 bits per heavy atom. The van der Waals surface area contributed by atoms with E-state index >= 15 is 0 Å². The lowest BCUT2D eigenvalue weighted by Gasteiger charge is -2.43. The summed E-state index contributed by atoms with van der Waals surface area (Å²) in [6.45, 7) is 7.02. The number of rotatable bonds is 7. The van der Waals surface area contributed by atoms with Gasteiger partial charge in [0.15, 0.2) is 5.79 Å². The number of benzene rings is 1. The van der Waals surface area contributed by atoms with E-state index in [-0.39, 0.29) is 11.3 Å². The van der Waals surface area contributed by atoms with Gasteiger partial charge in [-0.3, -0.25) is 9.48 Å². The number of aryl methyl sites for hydroxylation is 1. The van der Waals surface area contributed by atoms with Crippen LogP contribution in [0.1, 0.15) is 55.6 Å². The minimum atomic E-state index is -0.290. The molecule has 3 fully saturated rings. The third-order valence-corrected chi connectivity index (χ3v) is 9.50. The van der Waals surface area contributed by atoms with Gasteiger partial charge in [-0.1, -0.05) is 17.7 Å². The van der Waals surface area contributed by atoms with Gasteiger partial charge in [0.25, 0.3) is 5.56 Å². The molecule has 3 N–H and O–H groups in total. The van der Waals surface area contributed by atoms with Crippen LogP contribution >= 0.6 is 11.6 Å². The highest BCUT2D eigenvalue weighted by atomic mass is 35.5. The Bertz CT molecular complexity index is 1600. The van der Waals surface area contributed by atoms with Crippen molar-refractivity contribution in [2.45, 2.75) is 69.7 Å². The first kappa shape index (κ1) is 27.6. The van der Waals surface area contributed by atoms with Gasteiger partial charge in [0.1, 0.15) is 11.4 Å². The molecule has 3 aromatic heterocycles. The monoisotopic (exact) mass is 591 g/mol. The van der Waals surface area contributed by atoms with Crippen LogP contribution in [0.4, 0.5) is 5.69 Å². The van der Waals surface area contributed by atoms with Crippen molar-refractivity contribution in [3.05, 3.63) is 63.3 Å². The maximum atomic E-state index is 13.0. The molecule has 10 nitrogen and oxygen atoms in total. The zero-order chi connectivity index (χ0) is 28.7. The van der Waals surface area contributed by atoms with Gasteiger partial charge in [0.05, 0.1) is 47.7 Å². The Labute approximate surface area is 249 Å². The van der Waals surface area contributed by atoms with E-state index in [0.717, 1.165) is 87.1 Å². The second-order valence-electron chi connectivity index (χ2n) is 11.9. The second-order valence-corrected chi connectivity index (χ2v) is 12.3. The Morgan fingerprint density at radius 2 is 1.93 bits per heavy atom. The molecule has 7 rings (SSSR count). The summed E-state index contributed by atoms with van der Waals surface area (Å²) in [5.41, 5.74) is 5.38. The lowest BCUT2D eigenvalue weighted by atomic mass is 9.84. The number of pyridine rings is 1. The summed E-state index contributed by atoms with van der Waals surface area (Å²) >= 11 is 5.98. The van der Waals surface area contributed by atoms with E-state index in [1.165, 1.54) is 5.56 Å². The van der Waals surface area contributed by atoms with Gasteiger partial charge < -0.3 is 29.7 Å². The minimum Gasteiger partial charge on any atom is -0.382 e. The molecule has 42 heavy (non-hydrogen) atoms. The van der Waals surface area contributed by atoms with Gasteiger partial charge in [0.2, 0.25) is 0 Å². The van der Waals surface area contributed by atoms with E-state index in [1.54, 1.807) is 23.3 Å². The first-order valence-electron chi connectivity index (χ1n) is 15.1. The zero-order valence-corrected chi connectivity index (χ0v) is 24.8. The number of halogens is 1. The molecule has 0 atom stereocenters. The molecule has 1 spiro atoms. The molecular weight excluding hydrogens is 554 g/mol. The highest BCUT2D eigenvalue weighted by Crippen LogP contribution is 2.39. The lowest BCUT2D eigenvalue weighted by Crippen LogP contribution is -2.46. The number of H-pyrrole nitrogens is 2. The molecule has 0 unspecified atom stereocenters. The number of piperidine rings is 1. The molecular formula is C31H38ClN7O3. The third-order valence-electron chi connectivity index (χ3n) is 9.30. The van der Waals surface area contributed by atoms with Crippen LogP contribution < -0.4 is 10.9 Å². The summed E-state index contributed by atoms with van der Waals surface area (Å²) in [4.78, 5) is 26.8. The number of nitrogens with zero attached hydrogens (tertiary/aromatic N) is 4. The van der Waals surface area contributed by atoms with Crippen LogP contribution in [0.25, 0.3) is 22.4 Å². The summed E-state index contributed by atoms with van der Waals surface area (Å²) < 4.78 is 13.6.